The normalized spacial score (nSPS) is 12.4. The summed E-state index contributed by atoms with van der Waals surface area (Å²) < 4.78 is 32.0. The summed E-state index contributed by atoms with van der Waals surface area (Å²) in [7, 11) is 0. The average Bonchev–Trinajstić information content (AvgIpc) is 3.76. The van der Waals surface area contributed by atoms with E-state index in [9.17, 15) is 0 Å². The largest absolute Gasteiger partial charge is 0 e. The number of hydrogen-bond donors (Lipinski definition) is 0. The second kappa shape index (κ2) is 15.5. The Morgan fingerprint density at radius 1 is 0.745 bits per heavy atom. The first-order valence-corrected chi connectivity index (χ1v) is 25.5. The van der Waals surface area contributed by atoms with Gasteiger partial charge < -0.3 is 8.98 Å². The summed E-state index contributed by atoms with van der Waals surface area (Å²) in [6.45, 7) is 4.24. The van der Waals surface area contributed by atoms with Crippen LogP contribution in [0.5, 0.6) is 0 Å². The van der Waals surface area contributed by atoms with Crippen LogP contribution in [0, 0.1) is 39.8 Å². The van der Waals surface area contributed by atoms with E-state index in [-0.39, 0.29) is 20.1 Å². The number of imidazole rings is 1. The van der Waals surface area contributed by atoms with Gasteiger partial charge in [-0.2, -0.15) is 0 Å². The van der Waals surface area contributed by atoms with E-state index in [1.165, 1.54) is 32.7 Å². The standard InChI is InChI=1S/C33H24N3O.C15H18GeN.Ir/c1-20-18-24(23-10-5-4-6-11-23)19-21(2)30(20)36-29-15-8-7-14-28(29)35-32(36)27-13-9-12-25-26-17-16-22(3)34-33(26)37-31(25)27;1-12-5-7-13(8-6-12)15-10-9-14(11-17-15)16(2,3)4;/h4-12,14-19H,1-3H3;5-7,9-11H,1-4H3;/q2*-1;/i;1D3;. The summed E-state index contributed by atoms with van der Waals surface area (Å²) in [5.74, 6) is 7.79. The molecule has 0 aliphatic carbocycles. The number of aryl methyl sites for hydroxylation is 4. The first kappa shape index (κ1) is 34.4. The molecule has 0 fully saturated rings. The van der Waals surface area contributed by atoms with Gasteiger partial charge in [-0.05, 0) is 79.4 Å². The number of benzene rings is 5. The van der Waals surface area contributed by atoms with Gasteiger partial charge >= 0.3 is 110 Å². The molecule has 9 aromatic rings. The van der Waals surface area contributed by atoms with Gasteiger partial charge in [-0.15, -0.1) is 18.2 Å². The molecule has 4 aromatic heterocycles. The van der Waals surface area contributed by atoms with E-state index in [1.54, 1.807) is 12.1 Å². The molecule has 5 nitrogen and oxygen atoms in total. The van der Waals surface area contributed by atoms with Gasteiger partial charge in [0.25, 0.3) is 0 Å². The maximum Gasteiger partial charge on any atom is 0 e. The van der Waals surface area contributed by atoms with E-state index in [0.717, 1.165) is 61.4 Å². The maximum atomic E-state index is 7.35. The Bertz CT molecular complexity index is 2820. The van der Waals surface area contributed by atoms with Crippen molar-refractivity contribution < 1.29 is 28.6 Å². The Hall–Kier alpha value is -5.14. The second-order valence-corrected chi connectivity index (χ2v) is 25.4. The van der Waals surface area contributed by atoms with Gasteiger partial charge in [0.2, 0.25) is 5.71 Å². The molecule has 0 atom stereocenters. The third-order valence-electron chi connectivity index (χ3n) is 9.76. The number of rotatable bonds is 5. The molecule has 9 rings (SSSR count). The van der Waals surface area contributed by atoms with Crippen LogP contribution in [-0.4, -0.2) is 32.8 Å². The zero-order chi connectivity index (χ0) is 40.1. The molecule has 0 saturated heterocycles. The van der Waals surface area contributed by atoms with Gasteiger partial charge in [0.05, 0.1) is 22.4 Å². The smallest absolute Gasteiger partial charge is 0 e. The van der Waals surface area contributed by atoms with Crippen LogP contribution in [0.15, 0.2) is 132 Å². The molecule has 0 amide bonds. The van der Waals surface area contributed by atoms with Gasteiger partial charge in [0.1, 0.15) is 0 Å². The van der Waals surface area contributed by atoms with Crippen LogP contribution in [0.1, 0.15) is 26.5 Å². The van der Waals surface area contributed by atoms with E-state index in [0.29, 0.717) is 11.3 Å². The molecule has 0 saturated carbocycles. The van der Waals surface area contributed by atoms with Gasteiger partial charge in [0.15, 0.2) is 0 Å². The van der Waals surface area contributed by atoms with Crippen molar-refractivity contribution in [2.24, 2.45) is 0 Å². The third kappa shape index (κ3) is 7.60. The Labute approximate surface area is 343 Å². The van der Waals surface area contributed by atoms with E-state index >= 15 is 0 Å². The molecule has 275 valence electrons. The molecule has 0 aliphatic heterocycles. The minimum atomic E-state index is -2.08. The number of nitrogens with zero attached hydrogens (tertiary/aromatic N) is 4. The molecule has 0 aliphatic rings. The summed E-state index contributed by atoms with van der Waals surface area (Å²) in [6, 6.07) is 46.9. The molecular formula is C48H42GeIrN4O-2. The minimum Gasteiger partial charge on any atom is 0 e. The molecule has 0 spiro atoms. The molecule has 55 heavy (non-hydrogen) atoms. The van der Waals surface area contributed by atoms with Crippen molar-refractivity contribution in [2.45, 2.75) is 44.9 Å². The summed E-state index contributed by atoms with van der Waals surface area (Å²) in [5, 5.41) is 2.01. The monoisotopic (exact) mass is 960 g/mol. The SMILES string of the molecule is Cc1ccc2c(n1)oc1c(-c3nc4ccccc4n3-c3c(C)cc(-c4ccccc4)cc3C)[c-]ccc12.[2H]C([2H])([2H])c1c[c-]c(-c2cc[c]([Ge]([CH3])([CH3])[CH3])cn2)cc1.[Ir]. The topological polar surface area (TPSA) is 56.7 Å². The van der Waals surface area contributed by atoms with E-state index in [4.69, 9.17) is 13.5 Å². The minimum absolute atomic E-state index is 0. The van der Waals surface area contributed by atoms with Gasteiger partial charge in [0, 0.05) is 36.9 Å². The summed E-state index contributed by atoms with van der Waals surface area (Å²) in [5.41, 5.74) is 13.0. The van der Waals surface area contributed by atoms with Crippen LogP contribution in [0.2, 0.25) is 17.3 Å². The Balaban J connectivity index is 0.000000208. The van der Waals surface area contributed by atoms with Crippen LogP contribution >= 0.6 is 0 Å². The van der Waals surface area contributed by atoms with Crippen molar-refractivity contribution in [3.05, 3.63) is 162 Å². The van der Waals surface area contributed by atoms with Gasteiger partial charge in [-0.3, -0.25) is 4.98 Å². The quantitative estimate of drug-likeness (QED) is 0.127. The maximum absolute atomic E-state index is 7.35. The Morgan fingerprint density at radius 3 is 2.20 bits per heavy atom. The molecule has 5 aromatic carbocycles. The fraction of sp³-hybridized carbons (Fsp3) is 0.146. The average molecular weight is 959 g/mol. The second-order valence-electron chi connectivity index (χ2n) is 14.8. The van der Waals surface area contributed by atoms with Crippen molar-refractivity contribution in [3.8, 4) is 39.5 Å². The summed E-state index contributed by atoms with van der Waals surface area (Å²) in [4.78, 5) is 14.2. The summed E-state index contributed by atoms with van der Waals surface area (Å²) >= 11 is -1.83. The van der Waals surface area contributed by atoms with Crippen LogP contribution in [0.4, 0.5) is 0 Å². The Kier molecular flexibility index (Phi) is 9.71. The van der Waals surface area contributed by atoms with E-state index in [1.807, 2.05) is 49.5 Å². The van der Waals surface area contributed by atoms with Crippen molar-refractivity contribution in [1.29, 1.82) is 0 Å². The molecule has 7 heteroatoms. The zero-order valence-electron chi connectivity index (χ0n) is 34.7. The molecule has 4 heterocycles. The molecule has 1 radical (unpaired) electrons. The number of para-hydroxylation sites is 2. The third-order valence-corrected chi connectivity index (χ3v) is 14.0. The van der Waals surface area contributed by atoms with Gasteiger partial charge in [-0.1, -0.05) is 53.4 Å². The number of furan rings is 1. The number of fused-ring (bicyclic) bond motifs is 4. The fourth-order valence-corrected chi connectivity index (χ4v) is 9.16. The number of aromatic nitrogens is 4. The number of pyridine rings is 2. The Morgan fingerprint density at radius 2 is 1.51 bits per heavy atom. The fourth-order valence-electron chi connectivity index (χ4n) is 6.99. The molecule has 0 N–H and O–H groups in total. The molecule has 0 bridgehead atoms. The van der Waals surface area contributed by atoms with Crippen molar-refractivity contribution in [3.63, 3.8) is 0 Å². The van der Waals surface area contributed by atoms with Crippen LogP contribution in [0.25, 0.3) is 72.6 Å². The van der Waals surface area contributed by atoms with Crippen molar-refractivity contribution in [1.82, 2.24) is 19.5 Å². The van der Waals surface area contributed by atoms with Crippen molar-refractivity contribution in [2.75, 3.05) is 0 Å². The number of hydrogen-bond acceptors (Lipinski definition) is 4. The molecular weight excluding hydrogens is 913 g/mol. The summed E-state index contributed by atoms with van der Waals surface area (Å²) in [6.07, 6.45) is 1.95. The van der Waals surface area contributed by atoms with Crippen LogP contribution in [0.3, 0.4) is 0 Å². The predicted octanol–water partition coefficient (Wildman–Crippen LogP) is 11.8. The van der Waals surface area contributed by atoms with E-state index < -0.39 is 20.1 Å². The van der Waals surface area contributed by atoms with Crippen LogP contribution in [-0.2, 0) is 20.1 Å². The first-order chi connectivity index (χ1) is 27.3. The van der Waals surface area contributed by atoms with Crippen LogP contribution < -0.4 is 4.40 Å². The van der Waals surface area contributed by atoms with Gasteiger partial charge in [-0.25, -0.2) is 4.98 Å². The van der Waals surface area contributed by atoms with E-state index in [2.05, 4.69) is 125 Å². The first-order valence-electron chi connectivity index (χ1n) is 19.6. The predicted molar refractivity (Wildman–Crippen MR) is 226 cm³/mol. The zero-order valence-corrected chi connectivity index (χ0v) is 36.1. The van der Waals surface area contributed by atoms with Crippen molar-refractivity contribution >= 4 is 50.8 Å². The molecule has 0 unspecified atom stereocenters.